The molecule has 2 aliphatic carbocycles. The Kier molecular flexibility index (Phi) is 3.66. The van der Waals surface area contributed by atoms with E-state index in [2.05, 4.69) is 60.2 Å². The molecule has 1 aromatic heterocycles. The molecule has 1 heterocycles. The number of benzene rings is 2. The van der Waals surface area contributed by atoms with Crippen LogP contribution in [0.2, 0.25) is 0 Å². The third kappa shape index (κ3) is 2.32. The first-order valence-electron chi connectivity index (χ1n) is 9.74. The van der Waals surface area contributed by atoms with Crippen LogP contribution in [0.5, 0.6) is 0 Å². The highest BCUT2D eigenvalue weighted by Gasteiger charge is 2.36. The van der Waals surface area contributed by atoms with Gasteiger partial charge in [0.05, 0.1) is 0 Å². The van der Waals surface area contributed by atoms with Gasteiger partial charge in [-0.25, -0.2) is 9.97 Å². The summed E-state index contributed by atoms with van der Waals surface area (Å²) in [5.41, 5.74) is 9.09. The van der Waals surface area contributed by atoms with Crippen molar-refractivity contribution in [3.63, 3.8) is 0 Å². The molecule has 2 nitrogen and oxygen atoms in total. The van der Waals surface area contributed by atoms with Crippen molar-refractivity contribution < 1.29 is 0 Å². The lowest BCUT2D eigenvalue weighted by Gasteiger charge is -2.38. The maximum atomic E-state index is 4.58. The van der Waals surface area contributed by atoms with E-state index in [4.69, 9.17) is 0 Å². The van der Waals surface area contributed by atoms with Gasteiger partial charge in [-0.3, -0.25) is 0 Å². The molecule has 2 heteroatoms. The molecule has 0 saturated heterocycles. The zero-order valence-electron chi connectivity index (χ0n) is 15.4. The summed E-state index contributed by atoms with van der Waals surface area (Å²) in [5.74, 6) is 2.42. The number of fused-ring (bicyclic) bond motifs is 5. The van der Waals surface area contributed by atoms with Crippen LogP contribution in [0.3, 0.4) is 0 Å². The predicted molar refractivity (Wildman–Crippen MR) is 105 cm³/mol. The lowest BCUT2D eigenvalue weighted by molar-refractivity contribution is 0.362. The lowest BCUT2D eigenvalue weighted by atomic mass is 9.67. The summed E-state index contributed by atoms with van der Waals surface area (Å²) >= 11 is 0. The number of hydrogen-bond acceptors (Lipinski definition) is 2. The van der Waals surface area contributed by atoms with Crippen LogP contribution in [0.1, 0.15) is 53.8 Å². The van der Waals surface area contributed by atoms with Crippen molar-refractivity contribution in [3.05, 3.63) is 82.9 Å². The molecule has 26 heavy (non-hydrogen) atoms. The summed E-state index contributed by atoms with van der Waals surface area (Å²) in [5, 5.41) is 0. The average Bonchev–Trinajstić information content (AvgIpc) is 2.68. The molecule has 0 fully saturated rings. The fourth-order valence-corrected chi connectivity index (χ4v) is 5.27. The average molecular weight is 340 g/mol. The SMILES string of the molecule is CC1Cc2c(ccc3c2CCc2ccccc2-3)C(C)C1c1ncccn1. The van der Waals surface area contributed by atoms with Gasteiger partial charge in [0, 0.05) is 18.3 Å². The van der Waals surface area contributed by atoms with Crippen LogP contribution in [0.15, 0.2) is 54.9 Å². The zero-order chi connectivity index (χ0) is 17.7. The summed E-state index contributed by atoms with van der Waals surface area (Å²) < 4.78 is 0. The first kappa shape index (κ1) is 15.7. The van der Waals surface area contributed by atoms with Gasteiger partial charge in [-0.2, -0.15) is 0 Å². The maximum absolute atomic E-state index is 4.58. The van der Waals surface area contributed by atoms with Gasteiger partial charge in [-0.15, -0.1) is 0 Å². The zero-order valence-corrected chi connectivity index (χ0v) is 15.4. The van der Waals surface area contributed by atoms with Crippen LogP contribution in [-0.4, -0.2) is 9.97 Å². The van der Waals surface area contributed by atoms with E-state index >= 15 is 0 Å². The molecule has 2 aromatic carbocycles. The molecule has 0 aliphatic heterocycles. The Labute approximate surface area is 155 Å². The summed E-state index contributed by atoms with van der Waals surface area (Å²) in [6, 6.07) is 15.5. The molecule has 0 spiro atoms. The molecule has 3 atom stereocenters. The molecular weight excluding hydrogens is 316 g/mol. The van der Waals surface area contributed by atoms with Crippen LogP contribution < -0.4 is 0 Å². The Morgan fingerprint density at radius 2 is 1.62 bits per heavy atom. The molecule has 5 rings (SSSR count). The number of aryl methyl sites for hydroxylation is 1. The van der Waals surface area contributed by atoms with E-state index in [0.29, 0.717) is 17.8 Å². The second-order valence-electron chi connectivity index (χ2n) is 7.92. The second kappa shape index (κ2) is 6.05. The van der Waals surface area contributed by atoms with Gasteiger partial charge in [0.25, 0.3) is 0 Å². The Morgan fingerprint density at radius 1 is 0.808 bits per heavy atom. The van der Waals surface area contributed by atoms with Gasteiger partial charge in [-0.05, 0) is 70.5 Å². The first-order valence-corrected chi connectivity index (χ1v) is 9.74. The molecule has 0 N–H and O–H groups in total. The first-order chi connectivity index (χ1) is 12.7. The minimum absolute atomic E-state index is 0.401. The number of aromatic nitrogens is 2. The fourth-order valence-electron chi connectivity index (χ4n) is 5.27. The quantitative estimate of drug-likeness (QED) is 0.599. The molecule has 2 aliphatic rings. The van der Waals surface area contributed by atoms with Crippen LogP contribution in [0.25, 0.3) is 11.1 Å². The minimum atomic E-state index is 0.401. The summed E-state index contributed by atoms with van der Waals surface area (Å²) in [6.07, 6.45) is 7.21. The van der Waals surface area contributed by atoms with Gasteiger partial charge >= 0.3 is 0 Å². The van der Waals surface area contributed by atoms with Gasteiger partial charge in [0.15, 0.2) is 0 Å². The van der Waals surface area contributed by atoms with Crippen molar-refractivity contribution in [2.75, 3.05) is 0 Å². The molecular formula is C24H24N2. The fraction of sp³-hybridized carbons (Fsp3) is 0.333. The van der Waals surface area contributed by atoms with Crippen LogP contribution in [0, 0.1) is 5.92 Å². The predicted octanol–water partition coefficient (Wildman–Crippen LogP) is 5.32. The van der Waals surface area contributed by atoms with Gasteiger partial charge < -0.3 is 0 Å². The molecule has 0 radical (unpaired) electrons. The topological polar surface area (TPSA) is 25.8 Å². The molecule has 3 unspecified atom stereocenters. The highest BCUT2D eigenvalue weighted by Crippen LogP contribution is 2.48. The van der Waals surface area contributed by atoms with E-state index in [1.807, 2.05) is 18.5 Å². The molecule has 0 bridgehead atoms. The third-order valence-corrected chi connectivity index (χ3v) is 6.47. The van der Waals surface area contributed by atoms with Gasteiger partial charge in [0.2, 0.25) is 0 Å². The Hall–Kier alpha value is -2.48. The van der Waals surface area contributed by atoms with E-state index in [0.717, 1.165) is 18.7 Å². The minimum Gasteiger partial charge on any atom is -0.241 e. The Morgan fingerprint density at radius 3 is 2.46 bits per heavy atom. The highest BCUT2D eigenvalue weighted by atomic mass is 14.9. The Balaban J connectivity index is 1.63. The highest BCUT2D eigenvalue weighted by molar-refractivity contribution is 5.75. The normalized spacial score (nSPS) is 23.7. The van der Waals surface area contributed by atoms with Crippen LogP contribution >= 0.6 is 0 Å². The smallest absolute Gasteiger partial charge is 0.132 e. The second-order valence-corrected chi connectivity index (χ2v) is 7.92. The van der Waals surface area contributed by atoms with Crippen LogP contribution in [0.4, 0.5) is 0 Å². The number of rotatable bonds is 1. The summed E-state index contributed by atoms with van der Waals surface area (Å²) in [7, 11) is 0. The van der Waals surface area contributed by atoms with Crippen molar-refractivity contribution in [1.29, 1.82) is 0 Å². The third-order valence-electron chi connectivity index (χ3n) is 6.47. The van der Waals surface area contributed by atoms with Crippen molar-refractivity contribution in [2.24, 2.45) is 5.92 Å². The van der Waals surface area contributed by atoms with Crippen molar-refractivity contribution in [1.82, 2.24) is 9.97 Å². The van der Waals surface area contributed by atoms with E-state index in [1.165, 1.54) is 28.7 Å². The van der Waals surface area contributed by atoms with Crippen molar-refractivity contribution in [3.8, 4) is 11.1 Å². The van der Waals surface area contributed by atoms with Gasteiger partial charge in [0.1, 0.15) is 5.82 Å². The lowest BCUT2D eigenvalue weighted by Crippen LogP contribution is -2.28. The standard InChI is InChI=1S/C24H24N2/c1-15-14-22-18(16(2)23(15)24-25-12-5-13-26-24)10-11-20-19-7-4-3-6-17(19)8-9-21(20)22/h3-7,10-13,15-16,23H,8-9,14H2,1-2H3. The number of hydrogen-bond donors (Lipinski definition) is 0. The van der Waals surface area contributed by atoms with E-state index < -0.39 is 0 Å². The molecule has 0 saturated carbocycles. The van der Waals surface area contributed by atoms with E-state index in [-0.39, 0.29) is 0 Å². The van der Waals surface area contributed by atoms with E-state index in [9.17, 15) is 0 Å². The summed E-state index contributed by atoms with van der Waals surface area (Å²) in [6.45, 7) is 4.73. The molecule has 0 amide bonds. The monoisotopic (exact) mass is 340 g/mol. The van der Waals surface area contributed by atoms with E-state index in [1.54, 1.807) is 11.1 Å². The largest absolute Gasteiger partial charge is 0.241 e. The van der Waals surface area contributed by atoms with Crippen LogP contribution in [-0.2, 0) is 19.3 Å². The van der Waals surface area contributed by atoms with Gasteiger partial charge in [-0.1, -0.05) is 50.2 Å². The summed E-state index contributed by atoms with van der Waals surface area (Å²) in [4.78, 5) is 9.16. The molecule has 130 valence electrons. The maximum Gasteiger partial charge on any atom is 0.132 e. The number of nitrogens with zero attached hydrogens (tertiary/aromatic N) is 2. The van der Waals surface area contributed by atoms with Crippen molar-refractivity contribution in [2.45, 2.75) is 44.9 Å². The Bertz CT molecular complexity index is 961. The van der Waals surface area contributed by atoms with Crippen molar-refractivity contribution >= 4 is 0 Å². The molecule has 3 aromatic rings.